The van der Waals surface area contributed by atoms with Gasteiger partial charge in [0, 0.05) is 5.02 Å². The van der Waals surface area contributed by atoms with E-state index in [1.165, 1.54) is 25.7 Å². The van der Waals surface area contributed by atoms with Crippen molar-refractivity contribution in [1.29, 1.82) is 0 Å². The highest BCUT2D eigenvalue weighted by atomic mass is 35.5. The molecule has 29 heavy (non-hydrogen) atoms. The normalized spacial score (nSPS) is 10.6. The van der Waals surface area contributed by atoms with Crippen LogP contribution in [-0.2, 0) is 16.1 Å². The van der Waals surface area contributed by atoms with Crippen LogP contribution in [0.5, 0.6) is 0 Å². The second kappa shape index (κ2) is 12.3. The van der Waals surface area contributed by atoms with Crippen LogP contribution in [0, 0.1) is 6.92 Å². The molecule has 0 aliphatic carbocycles. The van der Waals surface area contributed by atoms with Crippen molar-refractivity contribution >= 4 is 23.5 Å². The first-order valence-electron chi connectivity index (χ1n) is 10.2. The predicted molar refractivity (Wildman–Crippen MR) is 115 cm³/mol. The van der Waals surface area contributed by atoms with Gasteiger partial charge in [0.2, 0.25) is 0 Å². The molecule has 2 aromatic rings. The molecule has 0 saturated heterocycles. The molecule has 0 unspecified atom stereocenters. The highest BCUT2D eigenvalue weighted by molar-refractivity contribution is 6.30. The van der Waals surface area contributed by atoms with Crippen LogP contribution in [-0.4, -0.2) is 18.5 Å². The van der Waals surface area contributed by atoms with Crippen LogP contribution in [0.4, 0.5) is 0 Å². The zero-order valence-corrected chi connectivity index (χ0v) is 18.0. The molecule has 156 valence electrons. The van der Waals surface area contributed by atoms with Gasteiger partial charge in [-0.2, -0.15) is 0 Å². The van der Waals surface area contributed by atoms with Gasteiger partial charge in [-0.1, -0.05) is 56.7 Å². The van der Waals surface area contributed by atoms with Crippen LogP contribution in [0.25, 0.3) is 0 Å². The highest BCUT2D eigenvalue weighted by Gasteiger charge is 2.12. The molecule has 0 N–H and O–H groups in total. The van der Waals surface area contributed by atoms with Gasteiger partial charge in [0.1, 0.15) is 6.61 Å². The van der Waals surface area contributed by atoms with E-state index in [0.717, 1.165) is 24.0 Å². The van der Waals surface area contributed by atoms with Crippen molar-refractivity contribution in [3.05, 3.63) is 69.7 Å². The molecule has 0 bridgehead atoms. The van der Waals surface area contributed by atoms with E-state index in [4.69, 9.17) is 21.1 Å². The molecule has 2 aromatic carbocycles. The number of ether oxygens (including phenoxy) is 2. The summed E-state index contributed by atoms with van der Waals surface area (Å²) in [5.41, 5.74) is 2.69. The molecule has 0 aliphatic rings. The first-order chi connectivity index (χ1) is 14.0. The number of carbonyl (C=O) groups is 2. The fourth-order valence-corrected chi connectivity index (χ4v) is 3.15. The van der Waals surface area contributed by atoms with Gasteiger partial charge in [-0.15, -0.1) is 0 Å². The van der Waals surface area contributed by atoms with Crippen molar-refractivity contribution in [2.24, 2.45) is 0 Å². The number of hydrogen-bond acceptors (Lipinski definition) is 4. The average Bonchev–Trinajstić information content (AvgIpc) is 2.72. The number of aryl methyl sites for hydroxylation is 1. The molecule has 0 heterocycles. The Kier molecular flexibility index (Phi) is 9.72. The summed E-state index contributed by atoms with van der Waals surface area (Å²) in [6.07, 6.45) is 6.85. The predicted octanol–water partition coefficient (Wildman–Crippen LogP) is 6.52. The molecular weight excluding hydrogens is 388 g/mol. The van der Waals surface area contributed by atoms with E-state index >= 15 is 0 Å². The Balaban J connectivity index is 1.76. The minimum atomic E-state index is -0.439. The summed E-state index contributed by atoms with van der Waals surface area (Å²) >= 11 is 5.94. The molecule has 4 nitrogen and oxygen atoms in total. The summed E-state index contributed by atoms with van der Waals surface area (Å²) < 4.78 is 10.7. The fourth-order valence-electron chi connectivity index (χ4n) is 2.92. The number of unbranched alkanes of at least 4 members (excludes halogenated alkanes) is 5. The van der Waals surface area contributed by atoms with Gasteiger partial charge in [0.05, 0.1) is 17.7 Å². The Hall–Kier alpha value is -2.33. The van der Waals surface area contributed by atoms with Crippen molar-refractivity contribution in [2.45, 2.75) is 59.0 Å². The van der Waals surface area contributed by atoms with Crippen molar-refractivity contribution in [3.63, 3.8) is 0 Å². The minimum Gasteiger partial charge on any atom is -0.462 e. The number of benzene rings is 2. The Labute approximate surface area is 178 Å². The molecule has 0 radical (unpaired) electrons. The van der Waals surface area contributed by atoms with E-state index in [1.807, 2.05) is 19.1 Å². The van der Waals surface area contributed by atoms with E-state index < -0.39 is 5.97 Å². The largest absolute Gasteiger partial charge is 0.462 e. The van der Waals surface area contributed by atoms with Crippen LogP contribution < -0.4 is 0 Å². The summed E-state index contributed by atoms with van der Waals surface area (Å²) in [6.45, 7) is 4.70. The Morgan fingerprint density at radius 1 is 0.828 bits per heavy atom. The zero-order valence-electron chi connectivity index (χ0n) is 17.2. The maximum Gasteiger partial charge on any atom is 0.338 e. The summed E-state index contributed by atoms with van der Waals surface area (Å²) in [5.74, 6) is -0.804. The maximum absolute atomic E-state index is 12.2. The van der Waals surface area contributed by atoms with Gasteiger partial charge >= 0.3 is 11.9 Å². The molecule has 0 amide bonds. The van der Waals surface area contributed by atoms with Gasteiger partial charge in [-0.05, 0) is 60.9 Å². The fraction of sp³-hybridized carbons (Fsp3) is 0.417. The lowest BCUT2D eigenvalue weighted by Crippen LogP contribution is -2.09. The lowest BCUT2D eigenvalue weighted by atomic mass is 10.1. The summed E-state index contributed by atoms with van der Waals surface area (Å²) in [5, 5.41) is 0.650. The summed E-state index contributed by atoms with van der Waals surface area (Å²) in [4.78, 5) is 24.3. The number of halogens is 1. The molecular formula is C24H29ClO4. The van der Waals surface area contributed by atoms with Crippen molar-refractivity contribution in [1.82, 2.24) is 0 Å². The SMILES string of the molecule is CCCCCCCCOC(=O)c1ccc(C(=O)OCc2ccc(Cl)cc2C)cc1. The number of hydrogen-bond donors (Lipinski definition) is 0. The highest BCUT2D eigenvalue weighted by Crippen LogP contribution is 2.17. The van der Waals surface area contributed by atoms with Crippen molar-refractivity contribution in [3.8, 4) is 0 Å². The lowest BCUT2D eigenvalue weighted by Gasteiger charge is -2.09. The molecule has 0 aliphatic heterocycles. The van der Waals surface area contributed by atoms with E-state index in [2.05, 4.69) is 6.92 Å². The molecule has 5 heteroatoms. The van der Waals surface area contributed by atoms with E-state index in [-0.39, 0.29) is 12.6 Å². The Bertz CT molecular complexity index is 799. The summed E-state index contributed by atoms with van der Waals surface area (Å²) in [6, 6.07) is 11.8. The third-order valence-electron chi connectivity index (χ3n) is 4.75. The zero-order chi connectivity index (χ0) is 21.1. The van der Waals surface area contributed by atoms with Crippen molar-refractivity contribution in [2.75, 3.05) is 6.61 Å². The lowest BCUT2D eigenvalue weighted by molar-refractivity contribution is 0.0465. The van der Waals surface area contributed by atoms with Gasteiger partial charge in [-0.25, -0.2) is 9.59 Å². The molecule has 0 fully saturated rings. The van der Waals surface area contributed by atoms with Gasteiger partial charge in [0.15, 0.2) is 0 Å². The van der Waals surface area contributed by atoms with E-state index in [0.29, 0.717) is 22.8 Å². The maximum atomic E-state index is 12.2. The third-order valence-corrected chi connectivity index (χ3v) is 4.99. The quantitative estimate of drug-likeness (QED) is 0.309. The van der Waals surface area contributed by atoms with E-state index in [1.54, 1.807) is 30.3 Å². The van der Waals surface area contributed by atoms with Gasteiger partial charge in [-0.3, -0.25) is 0 Å². The monoisotopic (exact) mass is 416 g/mol. The second-order valence-corrected chi connectivity index (χ2v) is 7.56. The number of esters is 2. The molecule has 2 rings (SSSR count). The number of rotatable bonds is 11. The average molecular weight is 417 g/mol. The van der Waals surface area contributed by atoms with Crippen LogP contribution in [0.3, 0.4) is 0 Å². The summed E-state index contributed by atoms with van der Waals surface area (Å²) in [7, 11) is 0. The van der Waals surface area contributed by atoms with E-state index in [9.17, 15) is 9.59 Å². The standard InChI is InChI=1S/C24H29ClO4/c1-3-4-5-6-7-8-15-28-23(26)19-9-11-20(12-10-19)24(27)29-17-21-13-14-22(25)16-18(21)2/h9-14,16H,3-8,15,17H2,1-2H3. The Morgan fingerprint density at radius 2 is 1.41 bits per heavy atom. The Morgan fingerprint density at radius 3 is 2.03 bits per heavy atom. The topological polar surface area (TPSA) is 52.6 Å². The second-order valence-electron chi connectivity index (χ2n) is 7.13. The van der Waals surface area contributed by atoms with Crippen LogP contribution >= 0.6 is 11.6 Å². The van der Waals surface area contributed by atoms with Crippen LogP contribution in [0.2, 0.25) is 5.02 Å². The smallest absolute Gasteiger partial charge is 0.338 e. The third kappa shape index (κ3) is 7.90. The van der Waals surface area contributed by atoms with Gasteiger partial charge in [0.25, 0.3) is 0 Å². The minimum absolute atomic E-state index is 0.171. The first-order valence-corrected chi connectivity index (χ1v) is 10.6. The van der Waals surface area contributed by atoms with Crippen LogP contribution in [0.15, 0.2) is 42.5 Å². The van der Waals surface area contributed by atoms with Crippen LogP contribution in [0.1, 0.15) is 77.3 Å². The number of carbonyl (C=O) groups excluding carboxylic acids is 2. The molecule has 0 atom stereocenters. The molecule has 0 saturated carbocycles. The van der Waals surface area contributed by atoms with Crippen molar-refractivity contribution < 1.29 is 19.1 Å². The van der Waals surface area contributed by atoms with Gasteiger partial charge < -0.3 is 9.47 Å². The molecule has 0 aromatic heterocycles. The molecule has 0 spiro atoms. The first kappa shape index (κ1) is 23.0.